The number of amidine groups is 1. The van der Waals surface area contributed by atoms with Crippen LogP contribution in [-0.2, 0) is 6.54 Å². The van der Waals surface area contributed by atoms with Gasteiger partial charge in [0.1, 0.15) is 0 Å². The zero-order chi connectivity index (χ0) is 13.2. The molecule has 0 unspecified atom stereocenters. The number of unbranched alkanes of at least 4 members (excludes halogenated alkanes) is 1. The fourth-order valence-electron chi connectivity index (χ4n) is 1.48. The predicted octanol–water partition coefficient (Wildman–Crippen LogP) is 1.59. The zero-order valence-electron chi connectivity index (χ0n) is 10.4. The first-order valence-electron chi connectivity index (χ1n) is 6.07. The van der Waals surface area contributed by atoms with Gasteiger partial charge in [0.05, 0.1) is 5.84 Å². The molecule has 5 heteroatoms. The van der Waals surface area contributed by atoms with Gasteiger partial charge in [0, 0.05) is 19.5 Å². The maximum Gasteiger partial charge on any atom is 0.315 e. The monoisotopic (exact) mass is 248 g/mol. The van der Waals surface area contributed by atoms with E-state index in [1.54, 1.807) is 0 Å². The summed E-state index contributed by atoms with van der Waals surface area (Å²) in [6.45, 7) is 1.13. The zero-order valence-corrected chi connectivity index (χ0v) is 10.4. The van der Waals surface area contributed by atoms with Gasteiger partial charge < -0.3 is 16.4 Å². The molecule has 0 aliphatic rings. The molecule has 0 saturated carbocycles. The van der Waals surface area contributed by atoms with E-state index in [-0.39, 0.29) is 11.9 Å². The van der Waals surface area contributed by atoms with Gasteiger partial charge in [0.15, 0.2) is 0 Å². The standard InChI is InChI=1S/C13H20N4O/c14-12(15)8-4-5-9-16-13(18)17-10-11-6-2-1-3-7-11/h1-3,6-7H,4-5,8-10H2,(H3,14,15)(H2,16,17,18). The molecule has 0 aliphatic carbocycles. The van der Waals surface area contributed by atoms with Gasteiger partial charge in [-0.3, -0.25) is 5.41 Å². The number of carbonyl (C=O) groups is 1. The second-order valence-electron chi connectivity index (χ2n) is 4.08. The van der Waals surface area contributed by atoms with Gasteiger partial charge in [0.25, 0.3) is 0 Å². The molecule has 0 fully saturated rings. The van der Waals surface area contributed by atoms with Crippen LogP contribution in [0.3, 0.4) is 0 Å². The van der Waals surface area contributed by atoms with Crippen molar-refractivity contribution in [1.82, 2.24) is 10.6 Å². The van der Waals surface area contributed by atoms with Crippen molar-refractivity contribution in [2.45, 2.75) is 25.8 Å². The molecule has 1 rings (SSSR count). The molecule has 0 aromatic heterocycles. The Kier molecular flexibility index (Phi) is 6.32. The minimum Gasteiger partial charge on any atom is -0.388 e. The minimum atomic E-state index is -0.165. The summed E-state index contributed by atoms with van der Waals surface area (Å²) in [5.74, 6) is 0.198. The van der Waals surface area contributed by atoms with E-state index in [1.165, 1.54) is 0 Å². The van der Waals surface area contributed by atoms with Gasteiger partial charge in [-0.2, -0.15) is 0 Å². The molecule has 5 N–H and O–H groups in total. The second-order valence-corrected chi connectivity index (χ2v) is 4.08. The minimum absolute atomic E-state index is 0.165. The van der Waals surface area contributed by atoms with Crippen LogP contribution >= 0.6 is 0 Å². The Labute approximate surface area is 107 Å². The van der Waals surface area contributed by atoms with Crippen molar-refractivity contribution in [2.24, 2.45) is 5.73 Å². The average molecular weight is 248 g/mol. The molecule has 0 heterocycles. The van der Waals surface area contributed by atoms with Crippen LogP contribution in [-0.4, -0.2) is 18.4 Å². The predicted molar refractivity (Wildman–Crippen MR) is 72.4 cm³/mol. The maximum absolute atomic E-state index is 11.4. The molecule has 0 saturated heterocycles. The number of hydrogen-bond donors (Lipinski definition) is 4. The summed E-state index contributed by atoms with van der Waals surface area (Å²) < 4.78 is 0. The number of benzene rings is 1. The van der Waals surface area contributed by atoms with Gasteiger partial charge in [-0.1, -0.05) is 30.3 Å². The highest BCUT2D eigenvalue weighted by molar-refractivity contribution is 5.76. The topological polar surface area (TPSA) is 91.0 Å². The Balaban J connectivity index is 2.06. The van der Waals surface area contributed by atoms with Crippen LogP contribution in [0.2, 0.25) is 0 Å². The lowest BCUT2D eigenvalue weighted by Crippen LogP contribution is -2.35. The molecule has 0 radical (unpaired) electrons. The molecule has 0 spiro atoms. The lowest BCUT2D eigenvalue weighted by Gasteiger charge is -2.07. The van der Waals surface area contributed by atoms with E-state index in [0.29, 0.717) is 19.5 Å². The van der Waals surface area contributed by atoms with Crippen LogP contribution in [0.15, 0.2) is 30.3 Å². The van der Waals surface area contributed by atoms with Crippen molar-refractivity contribution in [3.8, 4) is 0 Å². The van der Waals surface area contributed by atoms with Crippen molar-refractivity contribution in [3.05, 3.63) is 35.9 Å². The van der Waals surface area contributed by atoms with Crippen LogP contribution in [0.1, 0.15) is 24.8 Å². The van der Waals surface area contributed by atoms with Crippen molar-refractivity contribution >= 4 is 11.9 Å². The molecule has 0 bridgehead atoms. The Morgan fingerprint density at radius 1 is 1.17 bits per heavy atom. The number of urea groups is 1. The summed E-state index contributed by atoms with van der Waals surface area (Å²) >= 11 is 0. The Morgan fingerprint density at radius 3 is 2.56 bits per heavy atom. The van der Waals surface area contributed by atoms with Crippen LogP contribution in [0, 0.1) is 5.41 Å². The Bertz CT molecular complexity index is 378. The number of rotatable bonds is 7. The van der Waals surface area contributed by atoms with Crippen LogP contribution < -0.4 is 16.4 Å². The quantitative estimate of drug-likeness (QED) is 0.335. The summed E-state index contributed by atoms with van der Waals surface area (Å²) in [5.41, 5.74) is 6.30. The molecule has 1 aromatic rings. The Hall–Kier alpha value is -2.04. The van der Waals surface area contributed by atoms with Crippen LogP contribution in [0.25, 0.3) is 0 Å². The van der Waals surface area contributed by atoms with Crippen molar-refractivity contribution in [1.29, 1.82) is 5.41 Å². The fraction of sp³-hybridized carbons (Fsp3) is 0.385. The second kappa shape index (κ2) is 8.11. The third-order valence-corrected chi connectivity index (χ3v) is 2.45. The number of carbonyl (C=O) groups excluding carboxylic acids is 1. The SMILES string of the molecule is N=C(N)CCCCNC(=O)NCc1ccccc1. The molecule has 18 heavy (non-hydrogen) atoms. The highest BCUT2D eigenvalue weighted by Crippen LogP contribution is 1.97. The van der Waals surface area contributed by atoms with E-state index in [2.05, 4.69) is 10.6 Å². The van der Waals surface area contributed by atoms with E-state index in [1.807, 2.05) is 30.3 Å². The van der Waals surface area contributed by atoms with Gasteiger partial charge in [0.2, 0.25) is 0 Å². The third kappa shape index (κ3) is 6.52. The summed E-state index contributed by atoms with van der Waals surface area (Å²) in [7, 11) is 0. The lowest BCUT2D eigenvalue weighted by atomic mass is 10.2. The van der Waals surface area contributed by atoms with E-state index in [0.717, 1.165) is 18.4 Å². The molecule has 98 valence electrons. The molecule has 2 amide bonds. The first kappa shape index (κ1) is 14.0. The molecule has 0 aliphatic heterocycles. The molecular formula is C13H20N4O. The number of amides is 2. The van der Waals surface area contributed by atoms with Crippen LogP contribution in [0.5, 0.6) is 0 Å². The van der Waals surface area contributed by atoms with Crippen molar-refractivity contribution in [3.63, 3.8) is 0 Å². The van der Waals surface area contributed by atoms with E-state index < -0.39 is 0 Å². The highest BCUT2D eigenvalue weighted by atomic mass is 16.2. The normalized spacial score (nSPS) is 9.78. The fourth-order valence-corrected chi connectivity index (χ4v) is 1.48. The number of nitrogens with one attached hydrogen (secondary N) is 3. The highest BCUT2D eigenvalue weighted by Gasteiger charge is 1.99. The number of nitrogens with two attached hydrogens (primary N) is 1. The van der Waals surface area contributed by atoms with Gasteiger partial charge in [-0.15, -0.1) is 0 Å². The van der Waals surface area contributed by atoms with Gasteiger partial charge >= 0.3 is 6.03 Å². The summed E-state index contributed by atoms with van der Waals surface area (Å²) in [4.78, 5) is 11.4. The molecule has 0 atom stereocenters. The smallest absolute Gasteiger partial charge is 0.315 e. The summed E-state index contributed by atoms with van der Waals surface area (Å²) in [6, 6.07) is 9.59. The average Bonchev–Trinajstić information content (AvgIpc) is 2.37. The first-order chi connectivity index (χ1) is 8.68. The van der Waals surface area contributed by atoms with Crippen LogP contribution in [0.4, 0.5) is 4.79 Å². The molecule has 1 aromatic carbocycles. The maximum atomic E-state index is 11.4. The number of hydrogen-bond acceptors (Lipinski definition) is 2. The first-order valence-corrected chi connectivity index (χ1v) is 6.07. The largest absolute Gasteiger partial charge is 0.388 e. The van der Waals surface area contributed by atoms with Gasteiger partial charge in [-0.25, -0.2) is 4.79 Å². The summed E-state index contributed by atoms with van der Waals surface area (Å²) in [6.07, 6.45) is 2.25. The molecule has 5 nitrogen and oxygen atoms in total. The Morgan fingerprint density at radius 2 is 1.89 bits per heavy atom. The lowest BCUT2D eigenvalue weighted by molar-refractivity contribution is 0.240. The van der Waals surface area contributed by atoms with E-state index in [9.17, 15) is 4.79 Å². The van der Waals surface area contributed by atoms with Gasteiger partial charge in [-0.05, 0) is 18.4 Å². The van der Waals surface area contributed by atoms with E-state index in [4.69, 9.17) is 11.1 Å². The van der Waals surface area contributed by atoms with Crippen molar-refractivity contribution in [2.75, 3.05) is 6.54 Å². The van der Waals surface area contributed by atoms with Crippen molar-refractivity contribution < 1.29 is 4.79 Å². The molecular weight excluding hydrogens is 228 g/mol. The summed E-state index contributed by atoms with van der Waals surface area (Å²) in [5, 5.41) is 12.6. The van der Waals surface area contributed by atoms with E-state index >= 15 is 0 Å². The third-order valence-electron chi connectivity index (χ3n) is 2.45.